The van der Waals surface area contributed by atoms with Crippen LogP contribution in [0.5, 0.6) is 0 Å². The zero-order valence-corrected chi connectivity index (χ0v) is 8.57. The van der Waals surface area contributed by atoms with Crippen LogP contribution in [0.2, 0.25) is 0 Å². The van der Waals surface area contributed by atoms with E-state index in [1.54, 1.807) is 0 Å². The van der Waals surface area contributed by atoms with Gasteiger partial charge < -0.3 is 0 Å². The maximum absolute atomic E-state index is 3.25. The monoisotopic (exact) mass is 259 g/mol. The molecule has 0 aliphatic rings. The van der Waals surface area contributed by atoms with Crippen LogP contribution in [0, 0.1) is 0 Å². The fourth-order valence-corrected chi connectivity index (χ4v) is 1.80. The molecule has 0 bridgehead atoms. The molecule has 0 heterocycles. The van der Waals surface area contributed by atoms with Gasteiger partial charge in [-0.15, -0.1) is 0 Å². The van der Waals surface area contributed by atoms with Crippen LogP contribution in [0.15, 0.2) is 54.6 Å². The van der Waals surface area contributed by atoms with Gasteiger partial charge in [-0.1, -0.05) is 0 Å². The minimum atomic E-state index is 1.18. The van der Waals surface area contributed by atoms with E-state index >= 15 is 0 Å². The molecule has 0 aliphatic carbocycles. The number of hydrogen-bond donors (Lipinski definition) is 0. The van der Waals surface area contributed by atoms with Crippen LogP contribution >= 0.6 is 0 Å². The van der Waals surface area contributed by atoms with E-state index in [4.69, 9.17) is 0 Å². The van der Waals surface area contributed by atoms with E-state index in [1.807, 2.05) is 12.1 Å². The Bertz CT molecular complexity index is 393. The third kappa shape index (κ3) is 1.88. The molecule has 0 saturated heterocycles. The molecule has 2 aromatic carbocycles. The van der Waals surface area contributed by atoms with Crippen LogP contribution in [0.4, 0.5) is 0 Å². The van der Waals surface area contributed by atoms with Crippen LogP contribution in [-0.2, 0) is 19.2 Å². The summed E-state index contributed by atoms with van der Waals surface area (Å²) in [6.45, 7) is 0. The van der Waals surface area contributed by atoms with Gasteiger partial charge in [0.1, 0.15) is 0 Å². The van der Waals surface area contributed by atoms with Gasteiger partial charge in [-0.05, 0) is 0 Å². The standard InChI is InChI=1S/C12H9.Pd/c1-3-7-11(8-4-1)12-9-5-2-6-10-12;/h1-9H;. The summed E-state index contributed by atoms with van der Waals surface area (Å²) < 4.78 is 1.18. The van der Waals surface area contributed by atoms with Crippen molar-refractivity contribution in [1.29, 1.82) is 0 Å². The molecule has 0 unspecified atom stereocenters. The van der Waals surface area contributed by atoms with Crippen LogP contribution < -0.4 is 4.04 Å². The van der Waals surface area contributed by atoms with Crippen LogP contribution in [0.3, 0.4) is 0 Å². The van der Waals surface area contributed by atoms with Gasteiger partial charge >= 0.3 is 89.0 Å². The van der Waals surface area contributed by atoms with Crippen LogP contribution in [0.1, 0.15) is 0 Å². The normalized spacial score (nSPS) is 10.0. The van der Waals surface area contributed by atoms with Crippen molar-refractivity contribution in [2.45, 2.75) is 0 Å². The van der Waals surface area contributed by atoms with E-state index in [1.165, 1.54) is 15.2 Å². The molecule has 0 aromatic heterocycles. The Morgan fingerprint density at radius 1 is 0.692 bits per heavy atom. The summed E-state index contributed by atoms with van der Waals surface area (Å²) in [6, 6.07) is 18.7. The van der Waals surface area contributed by atoms with Crippen molar-refractivity contribution < 1.29 is 19.2 Å². The second kappa shape index (κ2) is 3.87. The number of benzene rings is 2. The molecule has 0 radical (unpaired) electrons. The van der Waals surface area contributed by atoms with Gasteiger partial charge in [0.05, 0.1) is 0 Å². The Kier molecular flexibility index (Phi) is 2.59. The molecule has 0 aliphatic heterocycles. The first-order valence-electron chi connectivity index (χ1n) is 4.15. The average molecular weight is 260 g/mol. The quantitative estimate of drug-likeness (QED) is 0.691. The summed E-state index contributed by atoms with van der Waals surface area (Å²) in [6.07, 6.45) is 0. The van der Waals surface area contributed by atoms with Gasteiger partial charge in [0.2, 0.25) is 0 Å². The number of rotatable bonds is 1. The fraction of sp³-hybridized carbons (Fsp3) is 0. The van der Waals surface area contributed by atoms with Crippen LogP contribution in [-0.4, -0.2) is 0 Å². The van der Waals surface area contributed by atoms with Gasteiger partial charge in [-0.25, -0.2) is 0 Å². The molecular formula is C12H9Pd. The summed E-state index contributed by atoms with van der Waals surface area (Å²) in [4.78, 5) is 0. The van der Waals surface area contributed by atoms with Crippen molar-refractivity contribution >= 4 is 4.04 Å². The zero-order chi connectivity index (χ0) is 9.10. The van der Waals surface area contributed by atoms with Gasteiger partial charge in [-0.2, -0.15) is 0 Å². The fourth-order valence-electron chi connectivity index (χ4n) is 1.29. The third-order valence-corrected chi connectivity index (χ3v) is 2.61. The first kappa shape index (κ1) is 8.69. The van der Waals surface area contributed by atoms with E-state index < -0.39 is 0 Å². The predicted molar refractivity (Wildman–Crippen MR) is 51.5 cm³/mol. The van der Waals surface area contributed by atoms with E-state index in [2.05, 4.69) is 61.7 Å². The zero-order valence-electron chi connectivity index (χ0n) is 7.01. The van der Waals surface area contributed by atoms with E-state index in [0.29, 0.717) is 0 Å². The molecule has 0 amide bonds. The molecule has 2 rings (SSSR count). The maximum atomic E-state index is 3.25. The van der Waals surface area contributed by atoms with Crippen molar-refractivity contribution in [3.8, 4) is 11.1 Å². The van der Waals surface area contributed by atoms with Crippen molar-refractivity contribution in [3.05, 3.63) is 54.6 Å². The first-order chi connectivity index (χ1) is 6.38. The number of hydrogen-bond acceptors (Lipinski definition) is 0. The van der Waals surface area contributed by atoms with Crippen molar-refractivity contribution in [2.75, 3.05) is 0 Å². The summed E-state index contributed by atoms with van der Waals surface area (Å²) in [5, 5.41) is 0. The Morgan fingerprint density at radius 2 is 1.31 bits per heavy atom. The minimum absolute atomic E-state index is 1.18. The third-order valence-electron chi connectivity index (χ3n) is 1.93. The summed E-state index contributed by atoms with van der Waals surface area (Å²) >= 11 is 3.25. The topological polar surface area (TPSA) is 0 Å². The summed E-state index contributed by atoms with van der Waals surface area (Å²) in [7, 11) is 0. The van der Waals surface area contributed by atoms with E-state index in [-0.39, 0.29) is 0 Å². The SMILES string of the molecule is [Pd][c]1ccccc1-c1ccccc1. The van der Waals surface area contributed by atoms with Crippen LogP contribution in [0.25, 0.3) is 11.1 Å². The molecule has 0 saturated carbocycles. The van der Waals surface area contributed by atoms with Crippen molar-refractivity contribution in [3.63, 3.8) is 0 Å². The Balaban J connectivity index is 2.54. The molecule has 13 heavy (non-hydrogen) atoms. The molecule has 2 aromatic rings. The van der Waals surface area contributed by atoms with Gasteiger partial charge in [-0.3, -0.25) is 0 Å². The molecule has 0 N–H and O–H groups in total. The van der Waals surface area contributed by atoms with Gasteiger partial charge in [0.25, 0.3) is 0 Å². The summed E-state index contributed by atoms with van der Waals surface area (Å²) in [5.41, 5.74) is 2.51. The first-order valence-corrected chi connectivity index (χ1v) is 4.92. The summed E-state index contributed by atoms with van der Waals surface area (Å²) in [5.74, 6) is 0. The molecule has 0 nitrogen and oxygen atoms in total. The molecule has 0 fully saturated rings. The van der Waals surface area contributed by atoms with Gasteiger partial charge in [0.15, 0.2) is 0 Å². The van der Waals surface area contributed by atoms with Gasteiger partial charge in [0, 0.05) is 0 Å². The van der Waals surface area contributed by atoms with Crippen molar-refractivity contribution in [2.24, 2.45) is 0 Å². The second-order valence-electron chi connectivity index (χ2n) is 2.81. The van der Waals surface area contributed by atoms with Crippen molar-refractivity contribution in [1.82, 2.24) is 0 Å². The Morgan fingerprint density at radius 3 is 2.00 bits per heavy atom. The Hall–Kier alpha value is -0.898. The molecule has 0 spiro atoms. The van der Waals surface area contributed by atoms with E-state index in [9.17, 15) is 0 Å². The average Bonchev–Trinajstić information content (AvgIpc) is 2.20. The molecule has 67 valence electrons. The second-order valence-corrected chi connectivity index (χ2v) is 3.65. The molecular weight excluding hydrogens is 251 g/mol. The molecule has 0 atom stereocenters. The van der Waals surface area contributed by atoms with E-state index in [0.717, 1.165) is 0 Å². The Labute approximate surface area is 89.0 Å². The predicted octanol–water partition coefficient (Wildman–Crippen LogP) is 2.53. The molecule has 1 heteroatoms.